The van der Waals surface area contributed by atoms with Crippen LogP contribution < -0.4 is 15.8 Å². The minimum Gasteiger partial charge on any atom is -0.481 e. The molecule has 0 atom stereocenters. The number of nitrogens with zero attached hydrogens (tertiary/aromatic N) is 1. The van der Waals surface area contributed by atoms with Gasteiger partial charge in [0, 0.05) is 24.5 Å². The fourth-order valence-electron chi connectivity index (χ4n) is 1.64. The minimum atomic E-state index is 0.246. The molecule has 0 aliphatic carbocycles. The molecule has 0 spiro atoms. The summed E-state index contributed by atoms with van der Waals surface area (Å²) in [5, 5.41) is 3.41. The van der Waals surface area contributed by atoms with Gasteiger partial charge in [-0.1, -0.05) is 13.8 Å². The average Bonchev–Trinajstić information content (AvgIpc) is 2.34. The van der Waals surface area contributed by atoms with Crippen LogP contribution in [0.4, 0.5) is 5.69 Å². The van der Waals surface area contributed by atoms with Crippen LogP contribution in [0.15, 0.2) is 18.3 Å². The van der Waals surface area contributed by atoms with E-state index in [1.165, 1.54) is 0 Å². The summed E-state index contributed by atoms with van der Waals surface area (Å²) in [6.07, 6.45) is 3.93. The SMILES string of the molecule is COc1cc(NCC(C)(C)CCCN)ccn1. The zero-order chi connectivity index (χ0) is 12.7. The zero-order valence-corrected chi connectivity index (χ0v) is 11.0. The second-order valence-electron chi connectivity index (χ2n) is 5.00. The number of nitrogens with one attached hydrogen (secondary N) is 1. The molecule has 0 fully saturated rings. The number of ether oxygens (including phenoxy) is 1. The second-order valence-corrected chi connectivity index (χ2v) is 5.00. The van der Waals surface area contributed by atoms with E-state index in [1.807, 2.05) is 12.1 Å². The number of pyridine rings is 1. The van der Waals surface area contributed by atoms with Crippen LogP contribution in [0.1, 0.15) is 26.7 Å². The van der Waals surface area contributed by atoms with Crippen LogP contribution in [0.5, 0.6) is 5.88 Å². The molecule has 4 heteroatoms. The monoisotopic (exact) mass is 237 g/mol. The Morgan fingerprint density at radius 2 is 2.24 bits per heavy atom. The predicted molar refractivity (Wildman–Crippen MR) is 71.3 cm³/mol. The number of aromatic nitrogens is 1. The molecular formula is C13H23N3O. The van der Waals surface area contributed by atoms with E-state index in [1.54, 1.807) is 13.3 Å². The van der Waals surface area contributed by atoms with Crippen LogP contribution in [0.25, 0.3) is 0 Å². The molecule has 0 amide bonds. The van der Waals surface area contributed by atoms with Crippen molar-refractivity contribution in [3.63, 3.8) is 0 Å². The first kappa shape index (κ1) is 13.8. The molecule has 0 saturated heterocycles. The molecule has 4 nitrogen and oxygen atoms in total. The molecule has 0 aromatic carbocycles. The average molecular weight is 237 g/mol. The molecule has 0 bridgehead atoms. The number of rotatable bonds is 7. The van der Waals surface area contributed by atoms with Crippen LogP contribution in [0.3, 0.4) is 0 Å². The van der Waals surface area contributed by atoms with E-state index in [2.05, 4.69) is 24.1 Å². The third kappa shape index (κ3) is 5.04. The van der Waals surface area contributed by atoms with Crippen molar-refractivity contribution in [2.24, 2.45) is 11.1 Å². The first-order valence-electron chi connectivity index (χ1n) is 6.01. The topological polar surface area (TPSA) is 60.2 Å². The highest BCUT2D eigenvalue weighted by Gasteiger charge is 2.16. The normalized spacial score (nSPS) is 11.3. The Morgan fingerprint density at radius 1 is 1.47 bits per heavy atom. The van der Waals surface area contributed by atoms with E-state index < -0.39 is 0 Å². The zero-order valence-electron chi connectivity index (χ0n) is 11.0. The van der Waals surface area contributed by atoms with Gasteiger partial charge in [-0.15, -0.1) is 0 Å². The molecule has 0 saturated carbocycles. The van der Waals surface area contributed by atoms with E-state index in [9.17, 15) is 0 Å². The van der Waals surface area contributed by atoms with Gasteiger partial charge >= 0.3 is 0 Å². The van der Waals surface area contributed by atoms with Gasteiger partial charge in [0.25, 0.3) is 0 Å². The maximum Gasteiger partial charge on any atom is 0.214 e. The van der Waals surface area contributed by atoms with Crippen molar-refractivity contribution in [2.75, 3.05) is 25.5 Å². The Balaban J connectivity index is 2.48. The van der Waals surface area contributed by atoms with Gasteiger partial charge < -0.3 is 15.8 Å². The Morgan fingerprint density at radius 3 is 2.88 bits per heavy atom. The molecule has 3 N–H and O–H groups in total. The summed E-state index contributed by atoms with van der Waals surface area (Å²) in [5.74, 6) is 0.634. The fraction of sp³-hybridized carbons (Fsp3) is 0.615. The summed E-state index contributed by atoms with van der Waals surface area (Å²) < 4.78 is 5.08. The third-order valence-electron chi connectivity index (χ3n) is 2.77. The smallest absolute Gasteiger partial charge is 0.214 e. The quantitative estimate of drug-likeness (QED) is 0.763. The largest absolute Gasteiger partial charge is 0.481 e. The summed E-state index contributed by atoms with van der Waals surface area (Å²) >= 11 is 0. The second kappa shape index (κ2) is 6.45. The molecule has 0 radical (unpaired) electrons. The molecular weight excluding hydrogens is 214 g/mol. The lowest BCUT2D eigenvalue weighted by molar-refractivity contribution is 0.350. The van der Waals surface area contributed by atoms with Crippen molar-refractivity contribution < 1.29 is 4.74 Å². The number of nitrogens with two attached hydrogens (primary N) is 1. The molecule has 96 valence electrons. The summed E-state index contributed by atoms with van der Waals surface area (Å²) in [7, 11) is 1.62. The highest BCUT2D eigenvalue weighted by Crippen LogP contribution is 2.23. The van der Waals surface area contributed by atoms with Crippen molar-refractivity contribution in [3.05, 3.63) is 18.3 Å². The van der Waals surface area contributed by atoms with Gasteiger partial charge in [-0.2, -0.15) is 0 Å². The van der Waals surface area contributed by atoms with Gasteiger partial charge in [-0.05, 0) is 30.9 Å². The predicted octanol–water partition coefficient (Wildman–Crippen LogP) is 2.27. The standard InChI is InChI=1S/C13H23N3O/c1-13(2,6-4-7-14)10-16-11-5-8-15-12(9-11)17-3/h5,8-9H,4,6-7,10,14H2,1-3H3,(H,15,16). The van der Waals surface area contributed by atoms with Gasteiger partial charge in [0.1, 0.15) is 0 Å². The summed E-state index contributed by atoms with van der Waals surface area (Å²) in [5.41, 5.74) is 6.82. The lowest BCUT2D eigenvalue weighted by atomic mass is 9.87. The fourth-order valence-corrected chi connectivity index (χ4v) is 1.64. The van der Waals surface area contributed by atoms with Gasteiger partial charge in [0.15, 0.2) is 0 Å². The molecule has 17 heavy (non-hydrogen) atoms. The molecule has 0 aliphatic heterocycles. The first-order chi connectivity index (χ1) is 8.07. The van der Waals surface area contributed by atoms with Crippen molar-refractivity contribution in [2.45, 2.75) is 26.7 Å². The lowest BCUT2D eigenvalue weighted by Gasteiger charge is -2.25. The molecule has 0 unspecified atom stereocenters. The van der Waals surface area contributed by atoms with Crippen LogP contribution >= 0.6 is 0 Å². The van der Waals surface area contributed by atoms with Gasteiger partial charge in [0.05, 0.1) is 7.11 Å². The molecule has 1 rings (SSSR count). The van der Waals surface area contributed by atoms with Crippen LogP contribution in [0.2, 0.25) is 0 Å². The van der Waals surface area contributed by atoms with Crippen molar-refractivity contribution >= 4 is 5.69 Å². The molecule has 1 aromatic heterocycles. The summed E-state index contributed by atoms with van der Waals surface area (Å²) in [4.78, 5) is 4.07. The number of methoxy groups -OCH3 is 1. The van der Waals surface area contributed by atoms with Crippen LogP contribution in [0, 0.1) is 5.41 Å². The molecule has 1 aromatic rings. The van der Waals surface area contributed by atoms with E-state index in [0.717, 1.165) is 31.6 Å². The van der Waals surface area contributed by atoms with E-state index in [-0.39, 0.29) is 5.41 Å². The van der Waals surface area contributed by atoms with Crippen molar-refractivity contribution in [3.8, 4) is 5.88 Å². The number of hydrogen-bond donors (Lipinski definition) is 2. The van der Waals surface area contributed by atoms with Gasteiger partial charge in [-0.25, -0.2) is 4.98 Å². The van der Waals surface area contributed by atoms with Crippen LogP contribution in [-0.2, 0) is 0 Å². The Labute approximate surface area is 104 Å². The summed E-state index contributed by atoms with van der Waals surface area (Å²) in [6.45, 7) is 6.16. The number of hydrogen-bond acceptors (Lipinski definition) is 4. The highest BCUT2D eigenvalue weighted by atomic mass is 16.5. The minimum absolute atomic E-state index is 0.246. The van der Waals surface area contributed by atoms with Crippen molar-refractivity contribution in [1.82, 2.24) is 4.98 Å². The highest BCUT2D eigenvalue weighted by molar-refractivity contribution is 5.45. The maximum atomic E-state index is 5.54. The molecule has 1 heterocycles. The van der Waals surface area contributed by atoms with Gasteiger partial charge in [-0.3, -0.25) is 0 Å². The Bertz CT molecular complexity index is 339. The van der Waals surface area contributed by atoms with E-state index >= 15 is 0 Å². The Hall–Kier alpha value is -1.29. The number of anilines is 1. The van der Waals surface area contributed by atoms with Gasteiger partial charge in [0.2, 0.25) is 5.88 Å². The Kier molecular flexibility index (Phi) is 5.22. The van der Waals surface area contributed by atoms with Crippen LogP contribution in [-0.4, -0.2) is 25.2 Å². The lowest BCUT2D eigenvalue weighted by Crippen LogP contribution is -2.24. The summed E-state index contributed by atoms with van der Waals surface area (Å²) in [6, 6.07) is 3.85. The molecule has 0 aliphatic rings. The van der Waals surface area contributed by atoms with E-state index in [4.69, 9.17) is 10.5 Å². The third-order valence-corrected chi connectivity index (χ3v) is 2.77. The van der Waals surface area contributed by atoms with E-state index in [0.29, 0.717) is 5.88 Å². The maximum absolute atomic E-state index is 5.54. The van der Waals surface area contributed by atoms with Crippen molar-refractivity contribution in [1.29, 1.82) is 0 Å². The first-order valence-corrected chi connectivity index (χ1v) is 6.01.